The summed E-state index contributed by atoms with van der Waals surface area (Å²) in [6, 6.07) is 21.2. The molecule has 2 aliphatic rings. The molecule has 0 aliphatic heterocycles. The molecular weight excluding hydrogens is 392 g/mol. The number of benzene rings is 2. The fraction of sp³-hybridized carbons (Fsp3) is 0.480. The minimum atomic E-state index is -2.66. The van der Waals surface area contributed by atoms with E-state index in [-0.39, 0.29) is 35.1 Å². The Morgan fingerprint density at radius 2 is 1.60 bits per heavy atom. The topological polar surface area (TPSA) is 55.8 Å². The van der Waals surface area contributed by atoms with E-state index in [1.807, 2.05) is 12.1 Å². The number of esters is 1. The normalized spacial score (nSPS) is 28.1. The molecule has 2 aromatic rings. The molecule has 2 fully saturated rings. The zero-order valence-corrected chi connectivity index (χ0v) is 19.3. The molecule has 4 atom stereocenters. The maximum Gasteiger partial charge on any atom is 0.302 e. The van der Waals surface area contributed by atoms with Crippen LogP contribution in [0.25, 0.3) is 0 Å². The van der Waals surface area contributed by atoms with Gasteiger partial charge in [-0.3, -0.25) is 4.79 Å². The predicted molar refractivity (Wildman–Crippen MR) is 120 cm³/mol. The van der Waals surface area contributed by atoms with Crippen LogP contribution in [0.1, 0.15) is 40.5 Å². The van der Waals surface area contributed by atoms with E-state index in [1.54, 1.807) is 0 Å². The van der Waals surface area contributed by atoms with Crippen LogP contribution in [0.15, 0.2) is 60.7 Å². The summed E-state index contributed by atoms with van der Waals surface area (Å²) in [5, 5.41) is 13.3. The van der Waals surface area contributed by atoms with Crippen LogP contribution in [-0.4, -0.2) is 38.2 Å². The van der Waals surface area contributed by atoms with Crippen molar-refractivity contribution >= 4 is 24.7 Å². The average Bonchev–Trinajstić information content (AvgIpc) is 3.40. The fourth-order valence-corrected chi connectivity index (χ4v) is 10.1. The molecule has 0 unspecified atom stereocenters. The van der Waals surface area contributed by atoms with Crippen molar-refractivity contribution in [2.45, 2.75) is 57.8 Å². The van der Waals surface area contributed by atoms with Gasteiger partial charge >= 0.3 is 5.97 Å². The predicted octanol–water partition coefficient (Wildman–Crippen LogP) is 3.27. The second kappa shape index (κ2) is 7.63. The second-order valence-electron chi connectivity index (χ2n) is 9.90. The van der Waals surface area contributed by atoms with Crippen LogP contribution >= 0.6 is 0 Å². The van der Waals surface area contributed by atoms with Crippen LogP contribution in [0.5, 0.6) is 0 Å². The Bertz CT molecular complexity index is 853. The number of aliphatic hydroxyl groups excluding tert-OH is 1. The summed E-state index contributed by atoms with van der Waals surface area (Å²) in [7, 11) is -2.66. The Kier molecular flexibility index (Phi) is 5.41. The first-order valence-corrected chi connectivity index (χ1v) is 12.7. The lowest BCUT2D eigenvalue weighted by molar-refractivity contribution is -0.144. The van der Waals surface area contributed by atoms with Crippen LogP contribution in [0.2, 0.25) is 5.04 Å². The molecule has 0 saturated heterocycles. The Labute approximate surface area is 180 Å². The van der Waals surface area contributed by atoms with Crippen molar-refractivity contribution in [1.82, 2.24) is 0 Å². The van der Waals surface area contributed by atoms with Crippen molar-refractivity contribution in [2.75, 3.05) is 6.61 Å². The van der Waals surface area contributed by atoms with E-state index in [2.05, 4.69) is 69.3 Å². The number of fused-ring (bicyclic) bond motifs is 1. The van der Waals surface area contributed by atoms with E-state index in [1.165, 1.54) is 17.3 Å². The van der Waals surface area contributed by atoms with Gasteiger partial charge in [-0.1, -0.05) is 81.4 Å². The molecule has 1 N–H and O–H groups in total. The van der Waals surface area contributed by atoms with E-state index < -0.39 is 14.4 Å². The molecule has 0 aromatic heterocycles. The maximum atomic E-state index is 11.4. The molecule has 2 aliphatic carbocycles. The molecule has 2 aromatic carbocycles. The lowest BCUT2D eigenvalue weighted by Gasteiger charge is -2.45. The second-order valence-corrected chi connectivity index (χ2v) is 14.1. The van der Waals surface area contributed by atoms with Crippen molar-refractivity contribution in [3.05, 3.63) is 60.7 Å². The summed E-state index contributed by atoms with van der Waals surface area (Å²) >= 11 is 0. The highest BCUT2D eigenvalue weighted by Gasteiger charge is 2.69. The van der Waals surface area contributed by atoms with E-state index in [9.17, 15) is 9.90 Å². The molecular formula is C25H32O4Si. The molecule has 0 bridgehead atoms. The number of hydrogen-bond donors (Lipinski definition) is 1. The number of ether oxygens (including phenoxy) is 1. The molecule has 0 radical (unpaired) electrons. The van der Waals surface area contributed by atoms with Crippen molar-refractivity contribution in [3.8, 4) is 0 Å². The third-order valence-corrected chi connectivity index (χ3v) is 12.1. The van der Waals surface area contributed by atoms with Gasteiger partial charge < -0.3 is 14.3 Å². The maximum absolute atomic E-state index is 11.4. The lowest BCUT2D eigenvalue weighted by Crippen LogP contribution is -2.67. The highest BCUT2D eigenvalue weighted by molar-refractivity contribution is 6.99. The third-order valence-electron chi connectivity index (χ3n) is 7.04. The average molecular weight is 425 g/mol. The monoisotopic (exact) mass is 424 g/mol. The van der Waals surface area contributed by atoms with E-state index in [0.717, 1.165) is 6.42 Å². The first-order valence-electron chi connectivity index (χ1n) is 10.8. The third kappa shape index (κ3) is 3.43. The number of carbonyl (C=O) groups excluding carboxylic acids is 1. The summed E-state index contributed by atoms with van der Waals surface area (Å²) in [6.07, 6.45) is 0.910. The van der Waals surface area contributed by atoms with Crippen molar-refractivity contribution in [2.24, 2.45) is 11.3 Å². The van der Waals surface area contributed by atoms with Crippen LogP contribution in [0.3, 0.4) is 0 Å². The zero-order valence-electron chi connectivity index (χ0n) is 18.3. The molecule has 0 heterocycles. The molecule has 4 nitrogen and oxygen atoms in total. The van der Waals surface area contributed by atoms with E-state index in [0.29, 0.717) is 6.42 Å². The van der Waals surface area contributed by atoms with Gasteiger partial charge in [0.2, 0.25) is 0 Å². The minimum Gasteiger partial charge on any atom is -0.465 e. The summed E-state index contributed by atoms with van der Waals surface area (Å²) < 4.78 is 12.5. The van der Waals surface area contributed by atoms with Gasteiger partial charge in [-0.25, -0.2) is 0 Å². The van der Waals surface area contributed by atoms with Gasteiger partial charge in [0.25, 0.3) is 8.32 Å². The van der Waals surface area contributed by atoms with Gasteiger partial charge in [0.1, 0.15) is 0 Å². The zero-order chi connectivity index (χ0) is 21.6. The lowest BCUT2D eigenvalue weighted by atomic mass is 10.0. The van der Waals surface area contributed by atoms with Gasteiger partial charge in [-0.05, 0) is 34.2 Å². The van der Waals surface area contributed by atoms with Gasteiger partial charge in [-0.15, -0.1) is 0 Å². The SMILES string of the molecule is CC(=O)OC[C@]12C[C@H]1[C@@H](O[Si](c1ccccc1)(c1ccccc1)C(C)(C)C)C[C@H]2O. The standard InChI is InChI=1S/C25H32O4Si/c1-18(26)28-17-25-16-21(25)22(15-23(25)27)29-30(24(2,3)4,19-11-7-5-8-12-19)20-13-9-6-10-14-20/h5-14,21-23,27H,15-17H2,1-4H3/t21-,22-,23+,25+/m0/s1. The number of carbonyl (C=O) groups is 1. The summed E-state index contributed by atoms with van der Waals surface area (Å²) in [5.74, 6) is -0.0629. The Hall–Kier alpha value is -1.95. The number of hydrogen-bond acceptors (Lipinski definition) is 4. The molecule has 160 valence electrons. The molecule has 5 heteroatoms. The van der Waals surface area contributed by atoms with E-state index in [4.69, 9.17) is 9.16 Å². The highest BCUT2D eigenvalue weighted by Crippen LogP contribution is 2.65. The van der Waals surface area contributed by atoms with Gasteiger partial charge in [0.05, 0.1) is 18.8 Å². The van der Waals surface area contributed by atoms with Crippen LogP contribution in [0, 0.1) is 11.3 Å². The van der Waals surface area contributed by atoms with Gasteiger partial charge in [0.15, 0.2) is 0 Å². The van der Waals surface area contributed by atoms with Crippen LogP contribution in [0.4, 0.5) is 0 Å². The summed E-state index contributed by atoms with van der Waals surface area (Å²) in [4.78, 5) is 11.4. The first kappa shape index (κ1) is 21.3. The Morgan fingerprint density at radius 1 is 1.07 bits per heavy atom. The van der Waals surface area contributed by atoms with Crippen LogP contribution < -0.4 is 10.4 Å². The summed E-state index contributed by atoms with van der Waals surface area (Å²) in [6.45, 7) is 8.51. The Morgan fingerprint density at radius 3 is 2.03 bits per heavy atom. The quantitative estimate of drug-likeness (QED) is 0.571. The molecule has 30 heavy (non-hydrogen) atoms. The number of rotatable bonds is 6. The van der Waals surface area contributed by atoms with Gasteiger partial charge in [-0.2, -0.15) is 0 Å². The molecule has 4 rings (SSSR count). The van der Waals surface area contributed by atoms with Crippen LogP contribution in [-0.2, 0) is 14.0 Å². The first-order chi connectivity index (χ1) is 14.2. The highest BCUT2D eigenvalue weighted by atomic mass is 28.4. The molecule has 0 spiro atoms. The van der Waals surface area contributed by atoms with E-state index >= 15 is 0 Å². The molecule has 0 amide bonds. The smallest absolute Gasteiger partial charge is 0.302 e. The van der Waals surface area contributed by atoms with Crippen molar-refractivity contribution < 1.29 is 19.1 Å². The Balaban J connectivity index is 1.73. The van der Waals surface area contributed by atoms with Gasteiger partial charge in [0, 0.05) is 12.3 Å². The molecule has 2 saturated carbocycles. The summed E-state index contributed by atoms with van der Waals surface area (Å²) in [5.41, 5.74) is -0.332. The minimum absolute atomic E-state index is 0.0399. The van der Waals surface area contributed by atoms with Crippen molar-refractivity contribution in [1.29, 1.82) is 0 Å². The number of aliphatic hydroxyl groups is 1. The fourth-order valence-electron chi connectivity index (χ4n) is 5.40. The largest absolute Gasteiger partial charge is 0.465 e. The van der Waals surface area contributed by atoms with Crippen molar-refractivity contribution in [3.63, 3.8) is 0 Å².